The Morgan fingerprint density at radius 1 is 1.09 bits per heavy atom. The molecular weight excluding hydrogens is 294 g/mol. The molecule has 0 spiro atoms. The molecule has 1 saturated heterocycles. The van der Waals surface area contributed by atoms with E-state index in [1.165, 1.54) is 25.7 Å². The van der Waals surface area contributed by atoms with E-state index in [4.69, 9.17) is 9.47 Å². The lowest BCUT2D eigenvalue weighted by Gasteiger charge is -2.22. The van der Waals surface area contributed by atoms with Gasteiger partial charge in [0.2, 0.25) is 0 Å². The van der Waals surface area contributed by atoms with Gasteiger partial charge < -0.3 is 14.4 Å². The van der Waals surface area contributed by atoms with Crippen molar-refractivity contribution in [2.24, 2.45) is 11.8 Å². The highest BCUT2D eigenvalue weighted by atomic mass is 16.7. The van der Waals surface area contributed by atoms with Gasteiger partial charge in [-0.2, -0.15) is 0 Å². The first kappa shape index (κ1) is 15.8. The lowest BCUT2D eigenvalue weighted by Crippen LogP contribution is -2.28. The molecule has 1 heterocycles. The number of likely N-dealkylation sites (tertiary alicyclic amines) is 1. The van der Waals surface area contributed by atoms with Gasteiger partial charge in [0.05, 0.1) is 6.61 Å². The van der Waals surface area contributed by atoms with Crippen molar-refractivity contribution in [1.29, 1.82) is 0 Å². The Bertz CT molecular complexity index is 555. The van der Waals surface area contributed by atoms with Gasteiger partial charge in [0.25, 0.3) is 5.91 Å². The molecule has 23 heavy (non-hydrogen) atoms. The molecule has 0 bridgehead atoms. The molecule has 1 aliphatic heterocycles. The molecule has 124 valence electrons. The lowest BCUT2D eigenvalue weighted by molar-refractivity contribution is 0.0784. The van der Waals surface area contributed by atoms with E-state index in [0.29, 0.717) is 23.1 Å². The van der Waals surface area contributed by atoms with Gasteiger partial charge in [0, 0.05) is 18.7 Å². The Morgan fingerprint density at radius 2 is 1.70 bits per heavy atom. The largest absolute Gasteiger partial charge is 0.513 e. The van der Waals surface area contributed by atoms with Crippen molar-refractivity contribution in [2.75, 3.05) is 19.7 Å². The van der Waals surface area contributed by atoms with E-state index in [0.717, 1.165) is 13.1 Å². The average Bonchev–Trinajstić information content (AvgIpc) is 2.99. The summed E-state index contributed by atoms with van der Waals surface area (Å²) in [4.78, 5) is 25.9. The third-order valence-corrected chi connectivity index (χ3v) is 4.83. The Hall–Kier alpha value is -2.04. The number of ether oxygens (including phenoxy) is 2. The fraction of sp³-hybridized carbons (Fsp3) is 0.556. The number of hydrogen-bond donors (Lipinski definition) is 0. The molecule has 1 amide bonds. The minimum absolute atomic E-state index is 0.0714. The maximum atomic E-state index is 12.6. The molecule has 2 aliphatic rings. The normalized spacial score (nSPS) is 23.3. The van der Waals surface area contributed by atoms with Gasteiger partial charge in [-0.05, 0) is 55.9 Å². The Kier molecular flexibility index (Phi) is 4.84. The van der Waals surface area contributed by atoms with E-state index in [-0.39, 0.29) is 12.5 Å². The number of amides is 1. The number of rotatable bonds is 3. The van der Waals surface area contributed by atoms with Crippen LogP contribution in [0.25, 0.3) is 0 Å². The molecule has 0 N–H and O–H groups in total. The van der Waals surface area contributed by atoms with Gasteiger partial charge in [-0.3, -0.25) is 4.79 Å². The predicted molar refractivity (Wildman–Crippen MR) is 85.4 cm³/mol. The second kappa shape index (κ2) is 7.02. The first-order chi connectivity index (χ1) is 11.2. The number of carbonyl (C=O) groups is 2. The van der Waals surface area contributed by atoms with Crippen LogP contribution in [0.15, 0.2) is 24.3 Å². The van der Waals surface area contributed by atoms with Crippen LogP contribution >= 0.6 is 0 Å². The Labute approximate surface area is 136 Å². The number of fused-ring (bicyclic) bond motifs is 1. The smallest absolute Gasteiger partial charge is 0.434 e. The summed E-state index contributed by atoms with van der Waals surface area (Å²) in [6.45, 7) is 3.75. The summed E-state index contributed by atoms with van der Waals surface area (Å²) in [5.41, 5.74) is 0.639. The highest BCUT2D eigenvalue weighted by Crippen LogP contribution is 2.36. The average molecular weight is 317 g/mol. The second-order valence-electron chi connectivity index (χ2n) is 6.32. The molecule has 5 heteroatoms. The van der Waals surface area contributed by atoms with E-state index in [9.17, 15) is 9.59 Å². The van der Waals surface area contributed by atoms with Crippen molar-refractivity contribution in [3.63, 3.8) is 0 Å². The molecule has 2 unspecified atom stereocenters. The van der Waals surface area contributed by atoms with Crippen molar-refractivity contribution < 1.29 is 19.1 Å². The first-order valence-electron chi connectivity index (χ1n) is 8.41. The minimum atomic E-state index is -0.727. The fourth-order valence-electron chi connectivity index (χ4n) is 3.66. The topological polar surface area (TPSA) is 55.8 Å². The van der Waals surface area contributed by atoms with E-state index in [1.807, 2.05) is 4.90 Å². The summed E-state index contributed by atoms with van der Waals surface area (Å²) < 4.78 is 9.73. The summed E-state index contributed by atoms with van der Waals surface area (Å²) in [6.07, 6.45) is 4.36. The zero-order valence-corrected chi connectivity index (χ0v) is 13.5. The first-order valence-corrected chi connectivity index (χ1v) is 8.41. The summed E-state index contributed by atoms with van der Waals surface area (Å²) in [7, 11) is 0. The van der Waals surface area contributed by atoms with Crippen LogP contribution in [0.4, 0.5) is 4.79 Å². The van der Waals surface area contributed by atoms with E-state index >= 15 is 0 Å². The predicted octanol–water partition coefficient (Wildman–Crippen LogP) is 3.48. The monoisotopic (exact) mass is 317 g/mol. The van der Waals surface area contributed by atoms with E-state index in [1.54, 1.807) is 31.2 Å². The van der Waals surface area contributed by atoms with Gasteiger partial charge in [-0.1, -0.05) is 12.8 Å². The highest BCUT2D eigenvalue weighted by molar-refractivity contribution is 5.94. The molecule has 0 radical (unpaired) electrons. The maximum Gasteiger partial charge on any atom is 0.513 e. The summed E-state index contributed by atoms with van der Waals surface area (Å²) in [5.74, 6) is 1.82. The van der Waals surface area contributed by atoms with Crippen LogP contribution in [0.2, 0.25) is 0 Å². The molecule has 1 aromatic rings. The number of hydrogen-bond acceptors (Lipinski definition) is 4. The third kappa shape index (κ3) is 3.66. The van der Waals surface area contributed by atoms with Gasteiger partial charge >= 0.3 is 6.16 Å². The molecule has 5 nitrogen and oxygen atoms in total. The lowest BCUT2D eigenvalue weighted by atomic mass is 9.82. The van der Waals surface area contributed by atoms with Crippen LogP contribution < -0.4 is 4.74 Å². The molecule has 0 aromatic heterocycles. The van der Waals surface area contributed by atoms with E-state index in [2.05, 4.69) is 0 Å². The van der Waals surface area contributed by atoms with Crippen LogP contribution in [-0.2, 0) is 4.74 Å². The van der Waals surface area contributed by atoms with Crippen molar-refractivity contribution in [3.05, 3.63) is 29.8 Å². The van der Waals surface area contributed by atoms with E-state index < -0.39 is 6.16 Å². The van der Waals surface area contributed by atoms with Gasteiger partial charge in [-0.15, -0.1) is 0 Å². The van der Waals surface area contributed by atoms with Gasteiger partial charge in [-0.25, -0.2) is 4.79 Å². The molecule has 2 fully saturated rings. The van der Waals surface area contributed by atoms with Crippen molar-refractivity contribution in [3.8, 4) is 5.75 Å². The SMILES string of the molecule is CCOC(=O)Oc1ccc(C(=O)N2CC3CCCCC3C2)cc1. The summed E-state index contributed by atoms with van der Waals surface area (Å²) in [6, 6.07) is 6.68. The number of benzene rings is 1. The number of carbonyl (C=O) groups excluding carboxylic acids is 2. The third-order valence-electron chi connectivity index (χ3n) is 4.83. The second-order valence-corrected chi connectivity index (χ2v) is 6.32. The van der Waals surface area contributed by atoms with Crippen LogP contribution in [-0.4, -0.2) is 36.7 Å². The molecule has 1 aliphatic carbocycles. The van der Waals surface area contributed by atoms with Crippen LogP contribution in [0, 0.1) is 11.8 Å². The summed E-state index contributed by atoms with van der Waals surface area (Å²) >= 11 is 0. The van der Waals surface area contributed by atoms with Crippen LogP contribution in [0.5, 0.6) is 5.75 Å². The zero-order valence-electron chi connectivity index (χ0n) is 13.5. The van der Waals surface area contributed by atoms with Crippen molar-refractivity contribution in [2.45, 2.75) is 32.6 Å². The molecule has 1 aromatic carbocycles. The van der Waals surface area contributed by atoms with Crippen molar-refractivity contribution >= 4 is 12.1 Å². The molecule has 1 saturated carbocycles. The minimum Gasteiger partial charge on any atom is -0.434 e. The van der Waals surface area contributed by atoms with Crippen molar-refractivity contribution in [1.82, 2.24) is 4.90 Å². The quantitative estimate of drug-likeness (QED) is 0.632. The highest BCUT2D eigenvalue weighted by Gasteiger charge is 2.36. The van der Waals surface area contributed by atoms with Gasteiger partial charge in [0.1, 0.15) is 5.75 Å². The summed E-state index contributed by atoms with van der Waals surface area (Å²) in [5, 5.41) is 0. The maximum absolute atomic E-state index is 12.6. The zero-order chi connectivity index (χ0) is 16.2. The fourth-order valence-corrected chi connectivity index (χ4v) is 3.66. The number of nitrogens with zero attached hydrogens (tertiary/aromatic N) is 1. The van der Waals surface area contributed by atoms with Crippen LogP contribution in [0.1, 0.15) is 43.0 Å². The molecule has 3 rings (SSSR count). The van der Waals surface area contributed by atoms with Crippen LogP contribution in [0.3, 0.4) is 0 Å². The standard InChI is InChI=1S/C18H23NO4/c1-2-22-18(21)23-16-9-7-13(8-10-16)17(20)19-11-14-5-3-4-6-15(14)12-19/h7-10,14-15H,2-6,11-12H2,1H3. The Morgan fingerprint density at radius 3 is 2.26 bits per heavy atom. The molecular formula is C18H23NO4. The Balaban J connectivity index is 1.60. The van der Waals surface area contributed by atoms with Gasteiger partial charge in [0.15, 0.2) is 0 Å². The molecule has 2 atom stereocenters.